The smallest absolute Gasteiger partial charge is 0.00486 e. The second kappa shape index (κ2) is 20.5. The van der Waals surface area contributed by atoms with Gasteiger partial charge in [-0.2, -0.15) is 0 Å². The molecule has 1 aromatic carbocycles. The molecule has 0 saturated carbocycles. The van der Waals surface area contributed by atoms with Gasteiger partial charge in [0, 0.05) is 5.92 Å². The SMILES string of the molecule is C/C=C\C=C(/C)C(CC)/C(=C/C)c1ccccc1C.C=C(C)C.CCCCCCC. The van der Waals surface area contributed by atoms with Crippen molar-refractivity contribution in [2.45, 2.75) is 101 Å². The number of benzene rings is 1. The summed E-state index contributed by atoms with van der Waals surface area (Å²) in [5.41, 5.74) is 6.77. The van der Waals surface area contributed by atoms with Crippen molar-refractivity contribution in [3.05, 3.63) is 77.4 Å². The average Bonchev–Trinajstić information content (AvgIpc) is 2.71. The maximum atomic E-state index is 3.56. The van der Waals surface area contributed by atoms with Crippen LogP contribution in [0.5, 0.6) is 0 Å². The Kier molecular flexibility index (Phi) is 20.7. The summed E-state index contributed by atoms with van der Waals surface area (Å²) >= 11 is 0. The summed E-state index contributed by atoms with van der Waals surface area (Å²) < 4.78 is 0. The Morgan fingerprint density at radius 1 is 0.933 bits per heavy atom. The molecule has 0 aliphatic rings. The van der Waals surface area contributed by atoms with Crippen LogP contribution in [0.4, 0.5) is 0 Å². The van der Waals surface area contributed by atoms with E-state index in [-0.39, 0.29) is 0 Å². The molecule has 170 valence electrons. The van der Waals surface area contributed by atoms with Gasteiger partial charge >= 0.3 is 0 Å². The van der Waals surface area contributed by atoms with Gasteiger partial charge in [-0.05, 0) is 64.7 Å². The summed E-state index contributed by atoms with van der Waals surface area (Å²) in [6.45, 7) is 22.9. The normalized spacial score (nSPS) is 12.6. The molecule has 0 aromatic heterocycles. The molecule has 0 heteroatoms. The molecule has 0 heterocycles. The number of hydrogen-bond donors (Lipinski definition) is 0. The molecule has 0 spiro atoms. The third-order valence-electron chi connectivity index (χ3n) is 4.86. The number of allylic oxidation sites excluding steroid dienone is 7. The van der Waals surface area contributed by atoms with Crippen LogP contribution in [-0.4, -0.2) is 0 Å². The average molecular weight is 411 g/mol. The van der Waals surface area contributed by atoms with Gasteiger partial charge in [-0.3, -0.25) is 0 Å². The second-order valence-corrected chi connectivity index (χ2v) is 8.22. The van der Waals surface area contributed by atoms with Crippen LogP contribution in [0, 0.1) is 12.8 Å². The Bertz CT molecular complexity index is 632. The largest absolute Gasteiger partial charge is 0.100 e. The third kappa shape index (κ3) is 15.1. The molecule has 0 aliphatic carbocycles. The van der Waals surface area contributed by atoms with Crippen molar-refractivity contribution in [2.75, 3.05) is 0 Å². The van der Waals surface area contributed by atoms with Crippen LogP contribution < -0.4 is 0 Å². The summed E-state index contributed by atoms with van der Waals surface area (Å²) in [4.78, 5) is 0. The number of hydrogen-bond acceptors (Lipinski definition) is 0. The minimum atomic E-state index is 0.502. The van der Waals surface area contributed by atoms with Gasteiger partial charge < -0.3 is 0 Å². The Balaban J connectivity index is 0. The Hall–Kier alpha value is -1.82. The van der Waals surface area contributed by atoms with Crippen molar-refractivity contribution in [1.82, 2.24) is 0 Å². The van der Waals surface area contributed by atoms with Gasteiger partial charge in [0.1, 0.15) is 0 Å². The molecule has 0 N–H and O–H groups in total. The lowest BCUT2D eigenvalue weighted by atomic mass is 9.83. The summed E-state index contributed by atoms with van der Waals surface area (Å²) in [7, 11) is 0. The Morgan fingerprint density at radius 3 is 1.87 bits per heavy atom. The molecular formula is C30H50. The van der Waals surface area contributed by atoms with Gasteiger partial charge in [-0.1, -0.05) is 113 Å². The zero-order chi connectivity index (χ0) is 23.4. The number of aryl methyl sites for hydroxylation is 1. The lowest BCUT2D eigenvalue weighted by Crippen LogP contribution is -2.05. The van der Waals surface area contributed by atoms with E-state index in [4.69, 9.17) is 0 Å². The van der Waals surface area contributed by atoms with Crippen LogP contribution >= 0.6 is 0 Å². The molecule has 0 bridgehead atoms. The van der Waals surface area contributed by atoms with Gasteiger partial charge in [0.05, 0.1) is 0 Å². The van der Waals surface area contributed by atoms with Crippen LogP contribution in [0.2, 0.25) is 0 Å². The molecule has 1 atom stereocenters. The van der Waals surface area contributed by atoms with E-state index in [9.17, 15) is 0 Å². The fraction of sp³-hybridized carbons (Fsp3) is 0.533. The minimum absolute atomic E-state index is 0.502. The molecule has 1 rings (SSSR count). The fourth-order valence-corrected chi connectivity index (χ4v) is 3.27. The highest BCUT2D eigenvalue weighted by molar-refractivity contribution is 5.71. The van der Waals surface area contributed by atoms with E-state index in [1.807, 2.05) is 13.8 Å². The van der Waals surface area contributed by atoms with Gasteiger partial charge in [-0.15, -0.1) is 6.58 Å². The van der Waals surface area contributed by atoms with E-state index in [0.29, 0.717) is 5.92 Å². The lowest BCUT2D eigenvalue weighted by Gasteiger charge is -2.21. The molecule has 0 aliphatic heterocycles. The van der Waals surface area contributed by atoms with Crippen molar-refractivity contribution < 1.29 is 0 Å². The summed E-state index contributed by atoms with van der Waals surface area (Å²) in [6.07, 6.45) is 16.9. The van der Waals surface area contributed by atoms with E-state index in [2.05, 4.69) is 104 Å². The molecule has 1 aromatic rings. The van der Waals surface area contributed by atoms with Crippen molar-refractivity contribution in [3.63, 3.8) is 0 Å². The quantitative estimate of drug-likeness (QED) is 0.216. The highest BCUT2D eigenvalue weighted by Crippen LogP contribution is 2.33. The summed E-state index contributed by atoms with van der Waals surface area (Å²) in [5, 5.41) is 0. The zero-order valence-electron chi connectivity index (χ0n) is 21.6. The first-order valence-corrected chi connectivity index (χ1v) is 11.9. The Morgan fingerprint density at radius 2 is 1.47 bits per heavy atom. The molecule has 0 nitrogen and oxygen atoms in total. The fourth-order valence-electron chi connectivity index (χ4n) is 3.27. The van der Waals surface area contributed by atoms with E-state index in [1.54, 1.807) is 0 Å². The Labute approximate surface area is 189 Å². The highest BCUT2D eigenvalue weighted by Gasteiger charge is 2.16. The number of unbranched alkanes of at least 4 members (excludes halogenated alkanes) is 4. The van der Waals surface area contributed by atoms with E-state index in [0.717, 1.165) is 6.42 Å². The van der Waals surface area contributed by atoms with Crippen molar-refractivity contribution in [3.8, 4) is 0 Å². The first kappa shape index (κ1) is 30.4. The molecule has 0 radical (unpaired) electrons. The summed E-state index contributed by atoms with van der Waals surface area (Å²) in [6, 6.07) is 8.66. The first-order valence-electron chi connectivity index (χ1n) is 11.9. The molecule has 1 unspecified atom stereocenters. The van der Waals surface area contributed by atoms with Crippen molar-refractivity contribution >= 4 is 5.57 Å². The highest BCUT2D eigenvalue weighted by atomic mass is 14.2. The topological polar surface area (TPSA) is 0 Å². The predicted octanol–water partition coefficient (Wildman–Crippen LogP) is 10.5. The van der Waals surface area contributed by atoms with Gasteiger partial charge in [0.2, 0.25) is 0 Å². The predicted molar refractivity (Wildman–Crippen MR) is 142 cm³/mol. The van der Waals surface area contributed by atoms with E-state index >= 15 is 0 Å². The van der Waals surface area contributed by atoms with Crippen LogP contribution in [0.15, 0.2) is 66.3 Å². The van der Waals surface area contributed by atoms with Crippen LogP contribution in [0.3, 0.4) is 0 Å². The van der Waals surface area contributed by atoms with Gasteiger partial charge in [0.25, 0.3) is 0 Å². The van der Waals surface area contributed by atoms with Crippen LogP contribution in [-0.2, 0) is 0 Å². The first-order chi connectivity index (χ1) is 14.3. The van der Waals surface area contributed by atoms with Gasteiger partial charge in [0.15, 0.2) is 0 Å². The van der Waals surface area contributed by atoms with Crippen molar-refractivity contribution in [2.24, 2.45) is 5.92 Å². The number of rotatable bonds is 9. The minimum Gasteiger partial charge on any atom is -0.100 e. The molecule has 0 saturated heterocycles. The van der Waals surface area contributed by atoms with Gasteiger partial charge in [-0.25, -0.2) is 0 Å². The molecule has 0 fully saturated rings. The maximum Gasteiger partial charge on any atom is 0.00486 e. The van der Waals surface area contributed by atoms with Crippen LogP contribution in [0.25, 0.3) is 5.57 Å². The lowest BCUT2D eigenvalue weighted by molar-refractivity contribution is 0.656. The second-order valence-electron chi connectivity index (χ2n) is 8.22. The van der Waals surface area contributed by atoms with Crippen LogP contribution in [0.1, 0.15) is 105 Å². The van der Waals surface area contributed by atoms with E-state index in [1.165, 1.54) is 60.0 Å². The summed E-state index contributed by atoms with van der Waals surface area (Å²) in [5.74, 6) is 0.502. The standard InChI is InChI=1S/C19H26.C7H16.C4H8/c1-6-9-12-15(4)17(7-2)18(8-3)19-14-11-10-13-16(19)5;1-3-5-7-6-4-2;1-4(2)3/h6,8-14,17H,7H2,1-5H3;3-7H2,1-2H3;1H2,2-3H3/b9-6-,15-12+,18-8-;;. The van der Waals surface area contributed by atoms with Crippen molar-refractivity contribution in [1.29, 1.82) is 0 Å². The van der Waals surface area contributed by atoms with E-state index < -0.39 is 0 Å². The maximum absolute atomic E-state index is 3.56. The third-order valence-corrected chi connectivity index (χ3v) is 4.86. The zero-order valence-corrected chi connectivity index (χ0v) is 21.6. The monoisotopic (exact) mass is 410 g/mol. The molecular weight excluding hydrogens is 360 g/mol. The molecule has 30 heavy (non-hydrogen) atoms. The molecule has 0 amide bonds.